The van der Waals surface area contributed by atoms with Crippen LogP contribution in [0.4, 0.5) is 4.39 Å². The van der Waals surface area contributed by atoms with Gasteiger partial charge in [0.1, 0.15) is 5.25 Å². The van der Waals surface area contributed by atoms with Gasteiger partial charge in [0.25, 0.3) is 6.20 Å². The van der Waals surface area contributed by atoms with Crippen LogP contribution < -0.4 is 4.73 Å². The van der Waals surface area contributed by atoms with E-state index in [2.05, 4.69) is 21.2 Å². The molecule has 1 heterocycles. The van der Waals surface area contributed by atoms with Crippen LogP contribution in [0.3, 0.4) is 0 Å². The predicted molar refractivity (Wildman–Crippen MR) is 53.8 cm³/mol. The molecule has 1 aromatic heterocycles. The van der Waals surface area contributed by atoms with Crippen LogP contribution in [-0.4, -0.2) is 5.21 Å². The van der Waals surface area contributed by atoms with E-state index in [0.29, 0.717) is 5.69 Å². The third kappa shape index (κ3) is 2.22. The summed E-state index contributed by atoms with van der Waals surface area (Å²) in [4.78, 5) is 0. The molecule has 0 saturated heterocycles. The zero-order valence-electron chi connectivity index (χ0n) is 6.37. The van der Waals surface area contributed by atoms with Crippen molar-refractivity contribution < 1.29 is 14.3 Å². The fourth-order valence-corrected chi connectivity index (χ4v) is 1.90. The van der Waals surface area contributed by atoms with Crippen molar-refractivity contribution in [3.8, 4) is 0 Å². The minimum Gasteiger partial charge on any atom is -0.285 e. The summed E-state index contributed by atoms with van der Waals surface area (Å²) in [6, 6.07) is 2.91. The maximum absolute atomic E-state index is 12.5. The van der Waals surface area contributed by atoms with E-state index in [4.69, 9.17) is 0 Å². The maximum Gasteiger partial charge on any atom is 0.258 e. The zero-order chi connectivity index (χ0) is 9.14. The number of hydrogen-bond donors (Lipinski definition) is 1. The monoisotopic (exact) mass is 300 g/mol. The lowest BCUT2D eigenvalue weighted by molar-refractivity contribution is -0.910. The SMILES string of the molecule is C[C@@H](SI)c1ccc(F)c[n+]1O. The Kier molecular flexibility index (Phi) is 3.57. The third-order valence-electron chi connectivity index (χ3n) is 1.47. The minimum absolute atomic E-state index is 0.149. The molecule has 0 aliphatic rings. The molecule has 0 bridgehead atoms. The molecule has 66 valence electrons. The first-order valence-electron chi connectivity index (χ1n) is 3.33. The average molecular weight is 300 g/mol. The van der Waals surface area contributed by atoms with E-state index < -0.39 is 5.82 Å². The molecule has 1 rings (SSSR count). The van der Waals surface area contributed by atoms with Crippen molar-refractivity contribution in [2.45, 2.75) is 12.2 Å². The first kappa shape index (κ1) is 10.0. The smallest absolute Gasteiger partial charge is 0.258 e. The van der Waals surface area contributed by atoms with Gasteiger partial charge >= 0.3 is 0 Å². The summed E-state index contributed by atoms with van der Waals surface area (Å²) in [5, 5.41) is 9.40. The Balaban J connectivity index is 3.01. The minimum atomic E-state index is -0.438. The van der Waals surface area contributed by atoms with Crippen molar-refractivity contribution in [3.63, 3.8) is 0 Å². The van der Waals surface area contributed by atoms with Gasteiger partial charge in [-0.3, -0.25) is 5.21 Å². The summed E-state index contributed by atoms with van der Waals surface area (Å²) in [6.45, 7) is 1.94. The molecule has 1 aromatic rings. The van der Waals surface area contributed by atoms with Gasteiger partial charge in [-0.1, -0.05) is 8.93 Å². The molecule has 0 aromatic carbocycles. The van der Waals surface area contributed by atoms with Gasteiger partial charge in [-0.15, -0.1) is 0 Å². The predicted octanol–water partition coefficient (Wildman–Crippen LogP) is 2.49. The van der Waals surface area contributed by atoms with E-state index >= 15 is 0 Å². The molecule has 0 aliphatic carbocycles. The molecule has 0 fully saturated rings. The number of aromatic nitrogens is 1. The van der Waals surface area contributed by atoms with Gasteiger partial charge in [0.2, 0.25) is 5.69 Å². The van der Waals surface area contributed by atoms with Crippen molar-refractivity contribution in [3.05, 3.63) is 29.8 Å². The summed E-state index contributed by atoms with van der Waals surface area (Å²) < 4.78 is 13.4. The van der Waals surface area contributed by atoms with Crippen molar-refractivity contribution in [2.24, 2.45) is 0 Å². The summed E-state index contributed by atoms with van der Waals surface area (Å²) in [5.74, 6) is -0.438. The molecular weight excluding hydrogens is 292 g/mol. The molecule has 5 heteroatoms. The Bertz CT molecular complexity index is 284. The molecule has 12 heavy (non-hydrogen) atoms. The average Bonchev–Trinajstić information content (AvgIpc) is 2.03. The Morgan fingerprint density at radius 1 is 1.67 bits per heavy atom. The Labute approximate surface area is 86.3 Å². The lowest BCUT2D eigenvalue weighted by Crippen LogP contribution is -2.35. The molecule has 1 atom stereocenters. The van der Waals surface area contributed by atoms with Gasteiger partial charge < -0.3 is 0 Å². The largest absolute Gasteiger partial charge is 0.285 e. The van der Waals surface area contributed by atoms with Gasteiger partial charge in [-0.05, 0) is 34.2 Å². The normalized spacial score (nSPS) is 12.9. The van der Waals surface area contributed by atoms with Gasteiger partial charge in [0.15, 0.2) is 5.82 Å². The maximum atomic E-state index is 12.5. The van der Waals surface area contributed by atoms with Crippen LogP contribution in [0, 0.1) is 5.82 Å². The Morgan fingerprint density at radius 2 is 2.33 bits per heavy atom. The molecule has 1 N–H and O–H groups in total. The van der Waals surface area contributed by atoms with Crippen molar-refractivity contribution in [1.29, 1.82) is 0 Å². The number of rotatable bonds is 2. The van der Waals surface area contributed by atoms with Crippen LogP contribution in [0.15, 0.2) is 18.3 Å². The van der Waals surface area contributed by atoms with Crippen molar-refractivity contribution >= 4 is 30.1 Å². The highest BCUT2D eigenvalue weighted by atomic mass is 127. The van der Waals surface area contributed by atoms with Crippen LogP contribution in [0.1, 0.15) is 17.9 Å². The first-order valence-corrected chi connectivity index (χ1v) is 6.75. The molecule has 0 radical (unpaired) electrons. The standard InChI is InChI=1S/C7H8FINOS/c1-5(12-9)7-3-2-6(8)4-10(7)11/h2-5,11H,1H3/q+1/t5-/m1/s1. The second-order valence-corrected chi connectivity index (χ2v) is 4.76. The van der Waals surface area contributed by atoms with Crippen LogP contribution in [0.25, 0.3) is 0 Å². The van der Waals surface area contributed by atoms with Crippen LogP contribution >= 0.6 is 30.1 Å². The zero-order valence-corrected chi connectivity index (χ0v) is 9.34. The fraction of sp³-hybridized carbons (Fsp3) is 0.286. The van der Waals surface area contributed by atoms with Gasteiger partial charge in [0, 0.05) is 10.8 Å². The number of pyridine rings is 1. The van der Waals surface area contributed by atoms with E-state index in [1.807, 2.05) is 6.92 Å². The fourth-order valence-electron chi connectivity index (χ4n) is 0.843. The van der Waals surface area contributed by atoms with E-state index in [-0.39, 0.29) is 5.25 Å². The van der Waals surface area contributed by atoms with E-state index in [1.165, 1.54) is 6.07 Å². The second-order valence-electron chi connectivity index (χ2n) is 2.35. The van der Waals surface area contributed by atoms with Crippen LogP contribution in [-0.2, 0) is 0 Å². The molecule has 0 unspecified atom stereocenters. The summed E-state index contributed by atoms with van der Waals surface area (Å²) in [7, 11) is 1.56. The van der Waals surface area contributed by atoms with Crippen LogP contribution in [0.2, 0.25) is 0 Å². The number of hydrogen-bond acceptors (Lipinski definition) is 2. The van der Waals surface area contributed by atoms with Gasteiger partial charge in [0.05, 0.1) is 0 Å². The number of nitrogens with zero attached hydrogens (tertiary/aromatic N) is 1. The molecule has 2 nitrogen and oxygen atoms in total. The molecule has 0 amide bonds. The second kappa shape index (κ2) is 4.27. The third-order valence-corrected chi connectivity index (χ3v) is 4.27. The van der Waals surface area contributed by atoms with E-state index in [0.717, 1.165) is 10.9 Å². The molecule has 0 aliphatic heterocycles. The first-order chi connectivity index (χ1) is 5.65. The molecule has 0 spiro atoms. The molecule has 0 saturated carbocycles. The summed E-state index contributed by atoms with van der Waals surface area (Å²) in [6.07, 6.45) is 1.05. The van der Waals surface area contributed by atoms with Gasteiger partial charge in [-0.2, -0.15) is 0 Å². The number of halogens is 2. The van der Waals surface area contributed by atoms with Crippen LogP contribution in [0.5, 0.6) is 0 Å². The summed E-state index contributed by atoms with van der Waals surface area (Å²) in [5.41, 5.74) is 0.691. The summed E-state index contributed by atoms with van der Waals surface area (Å²) >= 11 is 2.14. The van der Waals surface area contributed by atoms with E-state index in [1.54, 1.807) is 15.0 Å². The Hall–Kier alpha value is -0.0400. The van der Waals surface area contributed by atoms with Crippen molar-refractivity contribution in [2.75, 3.05) is 0 Å². The quantitative estimate of drug-likeness (QED) is 0.515. The highest BCUT2D eigenvalue weighted by molar-refractivity contribution is 14.2. The van der Waals surface area contributed by atoms with E-state index in [9.17, 15) is 9.60 Å². The van der Waals surface area contributed by atoms with Gasteiger partial charge in [-0.25, -0.2) is 4.39 Å². The Morgan fingerprint density at radius 3 is 2.83 bits per heavy atom. The topological polar surface area (TPSA) is 24.1 Å². The molecular formula is C7H8FINOS+. The lowest BCUT2D eigenvalue weighted by atomic mass is 10.3. The lowest BCUT2D eigenvalue weighted by Gasteiger charge is -2.00. The highest BCUT2D eigenvalue weighted by Gasteiger charge is 2.18. The highest BCUT2D eigenvalue weighted by Crippen LogP contribution is 2.31. The van der Waals surface area contributed by atoms with Crippen molar-refractivity contribution in [1.82, 2.24) is 0 Å².